The van der Waals surface area contributed by atoms with E-state index < -0.39 is 0 Å². The smallest absolute Gasteiger partial charge is 0.118 e. The van der Waals surface area contributed by atoms with Gasteiger partial charge in [-0.1, -0.05) is 51.8 Å². The number of rotatable bonds is 3. The first-order chi connectivity index (χ1) is 8.20. The fraction of sp³-hybridized carbons (Fsp3) is 0.143. The minimum Gasteiger partial charge on any atom is -0.497 e. The van der Waals surface area contributed by atoms with E-state index in [0.29, 0.717) is 0 Å². The summed E-state index contributed by atoms with van der Waals surface area (Å²) in [5.74, 6) is 0.861. The third-order valence-corrected chi connectivity index (χ3v) is 3.84. The van der Waals surface area contributed by atoms with Crippen molar-refractivity contribution in [1.29, 1.82) is 0 Å². The van der Waals surface area contributed by atoms with Crippen molar-refractivity contribution in [1.82, 2.24) is 0 Å². The molecule has 0 aromatic heterocycles. The molecule has 1 nitrogen and oxygen atoms in total. The van der Waals surface area contributed by atoms with Crippen LogP contribution in [-0.4, -0.2) is 7.11 Å². The molecule has 2 rings (SSSR count). The Bertz CT molecular complexity index is 496. The number of hydrogen-bond donors (Lipinski definition) is 0. The zero-order valence-corrected chi connectivity index (χ0v) is 11.7. The van der Waals surface area contributed by atoms with E-state index in [1.165, 1.54) is 5.56 Å². The van der Waals surface area contributed by atoms with Gasteiger partial charge < -0.3 is 4.74 Å². The Morgan fingerprint density at radius 3 is 2.35 bits per heavy atom. The molecule has 0 radical (unpaired) electrons. The maximum Gasteiger partial charge on any atom is 0.118 e. The largest absolute Gasteiger partial charge is 0.497 e. The predicted octanol–water partition coefficient (Wildman–Crippen LogP) is 4.83. The van der Waals surface area contributed by atoms with E-state index >= 15 is 0 Å². The summed E-state index contributed by atoms with van der Waals surface area (Å²) in [6.45, 7) is 0. The molecular weight excluding hydrogens is 300 g/mol. The normalized spacial score (nSPS) is 12.2. The summed E-state index contributed by atoms with van der Waals surface area (Å²) in [5.41, 5.74) is 2.32. The van der Waals surface area contributed by atoms with E-state index in [0.717, 1.165) is 16.3 Å². The number of halogens is 2. The van der Waals surface area contributed by atoms with Gasteiger partial charge in [-0.05, 0) is 35.4 Å². The van der Waals surface area contributed by atoms with Gasteiger partial charge in [-0.3, -0.25) is 0 Å². The molecule has 1 atom stereocenters. The standard InChI is InChI=1S/C14H12BrClO/c1-17-13-7-5-10(6-8-13)14(15)11-3-2-4-12(16)9-11/h2-9,14H,1H3. The molecule has 0 saturated heterocycles. The summed E-state index contributed by atoms with van der Waals surface area (Å²) >= 11 is 9.66. The first-order valence-corrected chi connectivity index (χ1v) is 6.53. The number of ether oxygens (including phenoxy) is 1. The second-order valence-corrected chi connectivity index (χ2v) is 5.04. The van der Waals surface area contributed by atoms with Crippen molar-refractivity contribution >= 4 is 27.5 Å². The van der Waals surface area contributed by atoms with Crippen molar-refractivity contribution < 1.29 is 4.74 Å². The van der Waals surface area contributed by atoms with Crippen molar-refractivity contribution in [2.24, 2.45) is 0 Å². The Kier molecular flexibility index (Phi) is 4.08. The van der Waals surface area contributed by atoms with Crippen LogP contribution in [0.2, 0.25) is 5.02 Å². The Labute approximate surface area is 115 Å². The van der Waals surface area contributed by atoms with Gasteiger partial charge in [0.25, 0.3) is 0 Å². The van der Waals surface area contributed by atoms with Crippen molar-refractivity contribution in [3.8, 4) is 5.75 Å². The zero-order valence-electron chi connectivity index (χ0n) is 9.36. The quantitative estimate of drug-likeness (QED) is 0.738. The average Bonchev–Trinajstić information content (AvgIpc) is 2.38. The van der Waals surface area contributed by atoms with Crippen LogP contribution in [0, 0.1) is 0 Å². The van der Waals surface area contributed by atoms with Gasteiger partial charge >= 0.3 is 0 Å². The van der Waals surface area contributed by atoms with Gasteiger partial charge in [0.05, 0.1) is 11.9 Å². The molecule has 1 unspecified atom stereocenters. The van der Waals surface area contributed by atoms with Crippen molar-refractivity contribution in [2.45, 2.75) is 4.83 Å². The summed E-state index contributed by atoms with van der Waals surface area (Å²) in [6, 6.07) is 15.8. The van der Waals surface area contributed by atoms with Gasteiger partial charge in [0.15, 0.2) is 0 Å². The maximum atomic E-state index is 5.98. The molecule has 0 N–H and O–H groups in total. The fourth-order valence-corrected chi connectivity index (χ4v) is 2.42. The van der Waals surface area contributed by atoms with Crippen LogP contribution in [0.25, 0.3) is 0 Å². The first kappa shape index (κ1) is 12.5. The molecule has 2 aromatic rings. The summed E-state index contributed by atoms with van der Waals surface area (Å²) in [7, 11) is 1.66. The second-order valence-electron chi connectivity index (χ2n) is 3.69. The van der Waals surface area contributed by atoms with Crippen LogP contribution in [0.4, 0.5) is 0 Å². The predicted molar refractivity (Wildman–Crippen MR) is 75.2 cm³/mol. The second kappa shape index (κ2) is 5.56. The van der Waals surface area contributed by atoms with Crippen LogP contribution in [0.5, 0.6) is 5.75 Å². The van der Waals surface area contributed by atoms with Crippen molar-refractivity contribution in [3.05, 3.63) is 64.7 Å². The number of alkyl halides is 1. The molecule has 2 aromatic carbocycles. The molecule has 88 valence electrons. The highest BCUT2D eigenvalue weighted by atomic mass is 79.9. The molecule has 3 heteroatoms. The van der Waals surface area contributed by atoms with Gasteiger partial charge in [0.1, 0.15) is 5.75 Å². The van der Waals surface area contributed by atoms with Crippen molar-refractivity contribution in [2.75, 3.05) is 7.11 Å². The van der Waals surface area contributed by atoms with Gasteiger partial charge in [-0.2, -0.15) is 0 Å². The van der Waals surface area contributed by atoms with Crippen LogP contribution in [-0.2, 0) is 0 Å². The van der Waals surface area contributed by atoms with Crippen LogP contribution in [0.15, 0.2) is 48.5 Å². The van der Waals surface area contributed by atoms with Gasteiger partial charge in [0, 0.05) is 5.02 Å². The van der Waals surface area contributed by atoms with E-state index in [1.54, 1.807) is 7.11 Å². The third kappa shape index (κ3) is 3.02. The minimum atomic E-state index is 0.145. The Morgan fingerprint density at radius 1 is 1.06 bits per heavy atom. The lowest BCUT2D eigenvalue weighted by molar-refractivity contribution is 0.414. The molecule has 0 bridgehead atoms. The minimum absolute atomic E-state index is 0.145. The monoisotopic (exact) mass is 310 g/mol. The van der Waals surface area contributed by atoms with E-state index in [-0.39, 0.29) is 4.83 Å². The maximum absolute atomic E-state index is 5.98. The van der Waals surface area contributed by atoms with Crippen molar-refractivity contribution in [3.63, 3.8) is 0 Å². The lowest BCUT2D eigenvalue weighted by atomic mass is 10.0. The topological polar surface area (TPSA) is 9.23 Å². The Balaban J connectivity index is 2.27. The number of benzene rings is 2. The third-order valence-electron chi connectivity index (χ3n) is 2.55. The summed E-state index contributed by atoms with van der Waals surface area (Å²) < 4.78 is 5.14. The van der Waals surface area contributed by atoms with Crippen LogP contribution in [0.1, 0.15) is 16.0 Å². The molecule has 17 heavy (non-hydrogen) atoms. The highest BCUT2D eigenvalue weighted by molar-refractivity contribution is 9.09. The van der Waals surface area contributed by atoms with Gasteiger partial charge in [0.2, 0.25) is 0 Å². The zero-order chi connectivity index (χ0) is 12.3. The molecular formula is C14H12BrClO. The lowest BCUT2D eigenvalue weighted by Gasteiger charge is -2.11. The highest BCUT2D eigenvalue weighted by Crippen LogP contribution is 2.32. The molecule has 0 aliphatic carbocycles. The summed E-state index contributed by atoms with van der Waals surface area (Å²) in [4.78, 5) is 0.145. The molecule has 0 saturated carbocycles. The average molecular weight is 312 g/mol. The summed E-state index contributed by atoms with van der Waals surface area (Å²) in [6.07, 6.45) is 0. The highest BCUT2D eigenvalue weighted by Gasteiger charge is 2.10. The van der Waals surface area contributed by atoms with E-state index in [9.17, 15) is 0 Å². The van der Waals surface area contributed by atoms with Gasteiger partial charge in [-0.15, -0.1) is 0 Å². The lowest BCUT2D eigenvalue weighted by Crippen LogP contribution is -1.92. The number of hydrogen-bond acceptors (Lipinski definition) is 1. The molecule has 0 heterocycles. The molecule has 0 aliphatic rings. The fourth-order valence-electron chi connectivity index (χ4n) is 1.63. The molecule has 0 amide bonds. The van der Waals surface area contributed by atoms with Gasteiger partial charge in [-0.25, -0.2) is 0 Å². The molecule has 0 aliphatic heterocycles. The summed E-state index contributed by atoms with van der Waals surface area (Å²) in [5, 5.41) is 0.750. The Morgan fingerprint density at radius 2 is 1.76 bits per heavy atom. The SMILES string of the molecule is COc1ccc(C(Br)c2cccc(Cl)c2)cc1. The van der Waals surface area contributed by atoms with E-state index in [2.05, 4.69) is 22.0 Å². The van der Waals surface area contributed by atoms with Crippen LogP contribution in [0.3, 0.4) is 0 Å². The first-order valence-electron chi connectivity index (χ1n) is 5.24. The number of methoxy groups -OCH3 is 1. The van der Waals surface area contributed by atoms with E-state index in [4.69, 9.17) is 16.3 Å². The van der Waals surface area contributed by atoms with E-state index in [1.807, 2.05) is 42.5 Å². The molecule has 0 fully saturated rings. The Hall–Kier alpha value is -0.990. The van der Waals surface area contributed by atoms with Crippen LogP contribution >= 0.6 is 27.5 Å². The van der Waals surface area contributed by atoms with Crippen LogP contribution < -0.4 is 4.74 Å². The molecule has 0 spiro atoms.